The molecule has 4 heteroatoms. The summed E-state index contributed by atoms with van der Waals surface area (Å²) in [7, 11) is 0. The molecule has 0 spiro atoms. The fraction of sp³-hybridized carbons (Fsp3) is 0.647. The molecule has 1 aliphatic rings. The molecule has 0 atom stereocenters. The van der Waals surface area contributed by atoms with Gasteiger partial charge in [-0.15, -0.1) is 0 Å². The van der Waals surface area contributed by atoms with E-state index in [1.165, 1.54) is 0 Å². The number of nitrogens with one attached hydrogen (secondary N) is 2. The topological polar surface area (TPSA) is 54.0 Å². The summed E-state index contributed by atoms with van der Waals surface area (Å²) >= 11 is 0. The van der Waals surface area contributed by atoms with Crippen LogP contribution in [0.25, 0.3) is 0 Å². The average Bonchev–Trinajstić information content (AvgIpc) is 3.09. The Labute approximate surface area is 127 Å². The normalized spacial score (nSPS) is 15.7. The van der Waals surface area contributed by atoms with E-state index in [0.29, 0.717) is 17.4 Å². The van der Waals surface area contributed by atoms with Gasteiger partial charge in [0.05, 0.1) is 5.56 Å². The zero-order valence-corrected chi connectivity index (χ0v) is 13.8. The lowest BCUT2D eigenvalue weighted by Crippen LogP contribution is -2.46. The van der Waals surface area contributed by atoms with Gasteiger partial charge in [-0.05, 0) is 50.7 Å². The summed E-state index contributed by atoms with van der Waals surface area (Å²) in [4.78, 5) is 16.9. The maximum absolute atomic E-state index is 12.6. The fourth-order valence-corrected chi connectivity index (χ4v) is 2.87. The molecular formula is C17H27N3O. The van der Waals surface area contributed by atoms with Crippen LogP contribution in [0.3, 0.4) is 0 Å². The molecule has 1 fully saturated rings. The predicted octanol–water partition coefficient (Wildman–Crippen LogP) is 3.60. The van der Waals surface area contributed by atoms with Crippen molar-refractivity contribution in [1.82, 2.24) is 10.3 Å². The van der Waals surface area contributed by atoms with E-state index in [-0.39, 0.29) is 16.9 Å². The molecule has 116 valence electrons. The maximum Gasteiger partial charge on any atom is 0.255 e. The lowest BCUT2D eigenvalue weighted by Gasteiger charge is -2.33. The first-order valence-corrected chi connectivity index (χ1v) is 7.70. The van der Waals surface area contributed by atoms with Crippen molar-refractivity contribution in [3.63, 3.8) is 0 Å². The van der Waals surface area contributed by atoms with Crippen molar-refractivity contribution in [3.05, 3.63) is 23.9 Å². The van der Waals surface area contributed by atoms with Gasteiger partial charge in [-0.1, -0.05) is 20.8 Å². The van der Waals surface area contributed by atoms with Crippen molar-refractivity contribution in [2.45, 2.75) is 65.5 Å². The lowest BCUT2D eigenvalue weighted by atomic mass is 9.81. The summed E-state index contributed by atoms with van der Waals surface area (Å²) in [5.41, 5.74) is 0.550. The van der Waals surface area contributed by atoms with Crippen LogP contribution in [0.2, 0.25) is 0 Å². The largest absolute Gasteiger partial charge is 0.367 e. The second-order valence-electron chi connectivity index (χ2n) is 7.89. The number of pyridine rings is 1. The zero-order valence-electron chi connectivity index (χ0n) is 13.8. The summed E-state index contributed by atoms with van der Waals surface area (Å²) in [5.74, 6) is 0.643. The highest BCUT2D eigenvalue weighted by Gasteiger charge is 2.29. The second kappa shape index (κ2) is 5.66. The van der Waals surface area contributed by atoms with Crippen LogP contribution in [-0.2, 0) is 0 Å². The number of anilines is 1. The molecule has 0 bridgehead atoms. The maximum atomic E-state index is 12.6. The Balaban J connectivity index is 2.09. The summed E-state index contributed by atoms with van der Waals surface area (Å²) < 4.78 is 0. The highest BCUT2D eigenvalue weighted by molar-refractivity contribution is 5.99. The quantitative estimate of drug-likeness (QED) is 0.870. The Morgan fingerprint density at radius 1 is 1.29 bits per heavy atom. The van der Waals surface area contributed by atoms with Gasteiger partial charge in [0, 0.05) is 17.8 Å². The third kappa shape index (κ3) is 5.03. The minimum absolute atomic E-state index is 0.0551. The molecule has 1 aromatic rings. The molecule has 1 saturated carbocycles. The van der Waals surface area contributed by atoms with Gasteiger partial charge < -0.3 is 10.6 Å². The fourth-order valence-electron chi connectivity index (χ4n) is 2.87. The number of rotatable bonds is 5. The van der Waals surface area contributed by atoms with Crippen molar-refractivity contribution >= 4 is 11.7 Å². The molecule has 1 aliphatic carbocycles. The van der Waals surface area contributed by atoms with E-state index in [2.05, 4.69) is 50.2 Å². The van der Waals surface area contributed by atoms with Crippen molar-refractivity contribution in [2.24, 2.45) is 5.41 Å². The van der Waals surface area contributed by atoms with Crippen LogP contribution in [0.1, 0.15) is 64.2 Å². The number of aromatic nitrogens is 1. The lowest BCUT2D eigenvalue weighted by molar-refractivity contribution is 0.0892. The van der Waals surface area contributed by atoms with Crippen LogP contribution in [-0.4, -0.2) is 22.5 Å². The van der Waals surface area contributed by atoms with E-state index in [9.17, 15) is 4.79 Å². The van der Waals surface area contributed by atoms with Gasteiger partial charge >= 0.3 is 0 Å². The SMILES string of the molecule is CC(C)(C)CC(C)(C)NC(=O)c1cccnc1NC1CC1. The van der Waals surface area contributed by atoms with Gasteiger partial charge in [0.25, 0.3) is 5.91 Å². The molecule has 1 aromatic heterocycles. The molecule has 2 N–H and O–H groups in total. The minimum atomic E-state index is -0.248. The Kier molecular flexibility index (Phi) is 4.26. The summed E-state index contributed by atoms with van der Waals surface area (Å²) in [6.45, 7) is 10.7. The number of carbonyl (C=O) groups excluding carboxylic acids is 1. The Hall–Kier alpha value is -1.58. The van der Waals surface area contributed by atoms with Gasteiger partial charge in [0.2, 0.25) is 0 Å². The first-order chi connectivity index (χ1) is 9.66. The first kappa shape index (κ1) is 15.8. The van der Waals surface area contributed by atoms with E-state index in [0.717, 1.165) is 19.3 Å². The van der Waals surface area contributed by atoms with Crippen molar-refractivity contribution in [3.8, 4) is 0 Å². The third-order valence-corrected chi connectivity index (χ3v) is 3.39. The Morgan fingerprint density at radius 3 is 2.52 bits per heavy atom. The number of nitrogens with zero attached hydrogens (tertiary/aromatic N) is 1. The number of amides is 1. The van der Waals surface area contributed by atoms with E-state index in [1.54, 1.807) is 6.20 Å². The number of carbonyl (C=O) groups is 1. The molecule has 0 aromatic carbocycles. The molecule has 21 heavy (non-hydrogen) atoms. The predicted molar refractivity (Wildman–Crippen MR) is 86.5 cm³/mol. The van der Waals surface area contributed by atoms with Crippen LogP contribution in [0.5, 0.6) is 0 Å². The molecular weight excluding hydrogens is 262 g/mol. The van der Waals surface area contributed by atoms with Crippen LogP contribution in [0, 0.1) is 5.41 Å². The van der Waals surface area contributed by atoms with Gasteiger partial charge in [0.1, 0.15) is 5.82 Å². The van der Waals surface area contributed by atoms with Gasteiger partial charge in [0.15, 0.2) is 0 Å². The monoisotopic (exact) mass is 289 g/mol. The second-order valence-corrected chi connectivity index (χ2v) is 7.89. The molecule has 0 radical (unpaired) electrons. The van der Waals surface area contributed by atoms with Crippen LogP contribution < -0.4 is 10.6 Å². The molecule has 1 heterocycles. The van der Waals surface area contributed by atoms with Gasteiger partial charge in [-0.25, -0.2) is 4.98 Å². The molecule has 0 saturated heterocycles. The zero-order chi connectivity index (χ0) is 15.7. The summed E-state index contributed by atoms with van der Waals surface area (Å²) in [5, 5.41) is 6.47. The molecule has 1 amide bonds. The minimum Gasteiger partial charge on any atom is -0.367 e. The first-order valence-electron chi connectivity index (χ1n) is 7.70. The molecule has 0 aliphatic heterocycles. The summed E-state index contributed by atoms with van der Waals surface area (Å²) in [6, 6.07) is 4.12. The molecule has 4 nitrogen and oxygen atoms in total. The Morgan fingerprint density at radius 2 is 1.95 bits per heavy atom. The van der Waals surface area contributed by atoms with Crippen LogP contribution >= 0.6 is 0 Å². The third-order valence-electron chi connectivity index (χ3n) is 3.39. The van der Waals surface area contributed by atoms with E-state index in [1.807, 2.05) is 12.1 Å². The molecule has 2 rings (SSSR count). The van der Waals surface area contributed by atoms with E-state index in [4.69, 9.17) is 0 Å². The van der Waals surface area contributed by atoms with Crippen molar-refractivity contribution in [1.29, 1.82) is 0 Å². The smallest absolute Gasteiger partial charge is 0.255 e. The Bertz CT molecular complexity index is 513. The van der Waals surface area contributed by atoms with E-state index >= 15 is 0 Å². The van der Waals surface area contributed by atoms with Gasteiger partial charge in [-0.3, -0.25) is 4.79 Å². The summed E-state index contributed by atoms with van der Waals surface area (Å²) in [6.07, 6.45) is 4.96. The van der Waals surface area contributed by atoms with Crippen LogP contribution in [0.4, 0.5) is 5.82 Å². The molecule has 0 unspecified atom stereocenters. The highest BCUT2D eigenvalue weighted by atomic mass is 16.1. The van der Waals surface area contributed by atoms with Crippen molar-refractivity contribution in [2.75, 3.05) is 5.32 Å². The number of hydrogen-bond donors (Lipinski definition) is 2. The van der Waals surface area contributed by atoms with E-state index < -0.39 is 0 Å². The standard InChI is InChI=1S/C17H27N3O/c1-16(2,3)11-17(4,5)20-15(21)13-7-6-10-18-14(13)19-12-8-9-12/h6-7,10,12H,8-9,11H2,1-5H3,(H,18,19)(H,20,21). The van der Waals surface area contributed by atoms with Gasteiger partial charge in [-0.2, -0.15) is 0 Å². The number of hydrogen-bond acceptors (Lipinski definition) is 3. The van der Waals surface area contributed by atoms with Crippen molar-refractivity contribution < 1.29 is 4.79 Å². The highest BCUT2D eigenvalue weighted by Crippen LogP contribution is 2.28. The van der Waals surface area contributed by atoms with Crippen LogP contribution in [0.15, 0.2) is 18.3 Å². The average molecular weight is 289 g/mol.